The van der Waals surface area contributed by atoms with Gasteiger partial charge < -0.3 is 18.9 Å². The maximum absolute atomic E-state index is 14.8. The monoisotopic (exact) mass is 580 g/mol. The Kier molecular flexibility index (Phi) is 8.55. The lowest BCUT2D eigenvalue weighted by molar-refractivity contribution is -0.352. The van der Waals surface area contributed by atoms with Crippen molar-refractivity contribution in [2.75, 3.05) is 13.2 Å². The second-order valence-electron chi connectivity index (χ2n) is 8.95. The SMILES string of the molecule is CCCC1COC(C(F)(F)Oc2ccc(-c3ccc(C(F)(F)Oc4cc(F)c(F)c(F)c4)c(F)c3F)cc2)OC1. The van der Waals surface area contributed by atoms with Crippen LogP contribution in [-0.2, 0) is 15.6 Å². The van der Waals surface area contributed by atoms with Crippen molar-refractivity contribution in [2.24, 2.45) is 5.92 Å². The highest BCUT2D eigenvalue weighted by molar-refractivity contribution is 5.65. The molecule has 0 spiro atoms. The fourth-order valence-corrected chi connectivity index (χ4v) is 4.01. The Morgan fingerprint density at radius 1 is 0.750 bits per heavy atom. The number of benzene rings is 3. The van der Waals surface area contributed by atoms with Crippen LogP contribution >= 0.6 is 0 Å². The Morgan fingerprint density at radius 2 is 1.35 bits per heavy atom. The topological polar surface area (TPSA) is 36.9 Å². The fraction of sp³-hybridized carbons (Fsp3) is 0.333. The molecule has 3 aromatic rings. The summed E-state index contributed by atoms with van der Waals surface area (Å²) in [5, 5.41) is 0. The van der Waals surface area contributed by atoms with Gasteiger partial charge in [0.05, 0.1) is 13.2 Å². The van der Waals surface area contributed by atoms with E-state index in [0.29, 0.717) is 6.07 Å². The van der Waals surface area contributed by atoms with E-state index in [0.717, 1.165) is 43.2 Å². The highest BCUT2D eigenvalue weighted by Gasteiger charge is 2.47. The second-order valence-corrected chi connectivity index (χ2v) is 8.95. The molecular formula is C27H21F9O4. The first-order valence-electron chi connectivity index (χ1n) is 11.9. The number of ether oxygens (including phenoxy) is 4. The molecule has 0 bridgehead atoms. The molecule has 1 aliphatic heterocycles. The minimum atomic E-state index is -4.62. The molecule has 216 valence electrons. The third-order valence-corrected chi connectivity index (χ3v) is 5.96. The van der Waals surface area contributed by atoms with Crippen LogP contribution in [0.3, 0.4) is 0 Å². The van der Waals surface area contributed by atoms with Crippen LogP contribution in [0.2, 0.25) is 0 Å². The molecule has 0 aromatic heterocycles. The van der Waals surface area contributed by atoms with Crippen LogP contribution < -0.4 is 9.47 Å². The van der Waals surface area contributed by atoms with Crippen LogP contribution in [0.15, 0.2) is 48.5 Å². The lowest BCUT2D eigenvalue weighted by Crippen LogP contribution is -2.47. The van der Waals surface area contributed by atoms with Crippen molar-refractivity contribution in [1.29, 1.82) is 0 Å². The van der Waals surface area contributed by atoms with Gasteiger partial charge in [-0.25, -0.2) is 22.0 Å². The smallest absolute Gasteiger partial charge is 0.429 e. The summed E-state index contributed by atoms with van der Waals surface area (Å²) in [6.45, 7) is 2.08. The number of halogens is 9. The molecule has 0 unspecified atom stereocenters. The molecule has 4 rings (SSSR count). The maximum Gasteiger partial charge on any atom is 0.451 e. The molecule has 0 amide bonds. The Morgan fingerprint density at radius 3 is 1.93 bits per heavy atom. The van der Waals surface area contributed by atoms with Gasteiger partial charge in [-0.05, 0) is 30.2 Å². The first kappa shape index (κ1) is 29.5. The normalized spacial score (nSPS) is 18.1. The van der Waals surface area contributed by atoms with Gasteiger partial charge in [0.2, 0.25) is 0 Å². The molecule has 13 heteroatoms. The summed E-state index contributed by atoms with van der Waals surface area (Å²) >= 11 is 0. The highest BCUT2D eigenvalue weighted by atomic mass is 19.3. The van der Waals surface area contributed by atoms with Crippen LogP contribution in [0.25, 0.3) is 11.1 Å². The van der Waals surface area contributed by atoms with Crippen molar-refractivity contribution in [1.82, 2.24) is 0 Å². The zero-order valence-electron chi connectivity index (χ0n) is 20.6. The van der Waals surface area contributed by atoms with E-state index in [9.17, 15) is 39.5 Å². The summed E-state index contributed by atoms with van der Waals surface area (Å²) < 4.78 is 146. The third-order valence-electron chi connectivity index (χ3n) is 5.96. The minimum absolute atomic E-state index is 0.0153. The summed E-state index contributed by atoms with van der Waals surface area (Å²) in [5.74, 6) is -11.0. The van der Waals surface area contributed by atoms with Crippen LogP contribution in [-0.4, -0.2) is 25.6 Å². The average molecular weight is 580 g/mol. The first-order valence-corrected chi connectivity index (χ1v) is 11.9. The molecule has 40 heavy (non-hydrogen) atoms. The Hall–Kier alpha value is -3.45. The van der Waals surface area contributed by atoms with Crippen molar-refractivity contribution >= 4 is 0 Å². The molecule has 0 N–H and O–H groups in total. The summed E-state index contributed by atoms with van der Waals surface area (Å²) in [6.07, 6.45) is -8.87. The number of alkyl halides is 4. The largest absolute Gasteiger partial charge is 0.451 e. The summed E-state index contributed by atoms with van der Waals surface area (Å²) in [6, 6.07) is 5.65. The second kappa shape index (κ2) is 11.6. The van der Waals surface area contributed by atoms with Crippen molar-refractivity contribution in [2.45, 2.75) is 38.3 Å². The van der Waals surface area contributed by atoms with E-state index in [-0.39, 0.29) is 42.6 Å². The first-order chi connectivity index (χ1) is 18.8. The van der Waals surface area contributed by atoms with E-state index in [4.69, 9.17) is 9.47 Å². The van der Waals surface area contributed by atoms with Gasteiger partial charge in [0, 0.05) is 23.6 Å². The number of rotatable bonds is 9. The van der Waals surface area contributed by atoms with Gasteiger partial charge in [-0.3, -0.25) is 0 Å². The van der Waals surface area contributed by atoms with Crippen LogP contribution in [0.5, 0.6) is 11.5 Å². The van der Waals surface area contributed by atoms with Crippen LogP contribution in [0.1, 0.15) is 25.3 Å². The Balaban J connectivity index is 1.48. The molecule has 1 fully saturated rings. The van der Waals surface area contributed by atoms with Crippen molar-refractivity contribution < 1.29 is 58.5 Å². The number of hydrogen-bond donors (Lipinski definition) is 0. The van der Waals surface area contributed by atoms with E-state index >= 15 is 0 Å². The molecule has 3 aromatic carbocycles. The van der Waals surface area contributed by atoms with Gasteiger partial charge in [-0.1, -0.05) is 31.5 Å². The lowest BCUT2D eigenvalue weighted by Gasteiger charge is -2.33. The van der Waals surface area contributed by atoms with E-state index < -0.39 is 64.5 Å². The molecule has 1 heterocycles. The lowest BCUT2D eigenvalue weighted by atomic mass is 10.0. The summed E-state index contributed by atoms with van der Waals surface area (Å²) in [5.41, 5.74) is -2.22. The molecule has 0 radical (unpaired) electrons. The van der Waals surface area contributed by atoms with Crippen LogP contribution in [0, 0.1) is 35.0 Å². The highest BCUT2D eigenvalue weighted by Crippen LogP contribution is 2.38. The van der Waals surface area contributed by atoms with E-state index in [1.165, 1.54) is 0 Å². The summed E-state index contributed by atoms with van der Waals surface area (Å²) in [4.78, 5) is 0. The van der Waals surface area contributed by atoms with E-state index in [1.54, 1.807) is 0 Å². The van der Waals surface area contributed by atoms with Crippen molar-refractivity contribution in [3.05, 3.63) is 83.2 Å². The van der Waals surface area contributed by atoms with Crippen molar-refractivity contribution in [3.8, 4) is 22.6 Å². The van der Waals surface area contributed by atoms with Gasteiger partial charge in [0.25, 0.3) is 6.29 Å². The van der Waals surface area contributed by atoms with Gasteiger partial charge in [-0.2, -0.15) is 17.6 Å². The molecule has 1 aliphatic rings. The predicted molar refractivity (Wildman–Crippen MR) is 122 cm³/mol. The Labute approximate surface area is 222 Å². The molecule has 0 saturated carbocycles. The van der Waals surface area contributed by atoms with Crippen molar-refractivity contribution in [3.63, 3.8) is 0 Å². The molecule has 1 saturated heterocycles. The average Bonchev–Trinajstić information content (AvgIpc) is 2.89. The third kappa shape index (κ3) is 6.30. The van der Waals surface area contributed by atoms with Gasteiger partial charge in [0.15, 0.2) is 29.1 Å². The van der Waals surface area contributed by atoms with E-state index in [2.05, 4.69) is 9.47 Å². The molecular weight excluding hydrogens is 559 g/mol. The zero-order valence-corrected chi connectivity index (χ0v) is 20.6. The number of hydrogen-bond acceptors (Lipinski definition) is 4. The van der Waals surface area contributed by atoms with Gasteiger partial charge >= 0.3 is 12.2 Å². The molecule has 4 nitrogen and oxygen atoms in total. The minimum Gasteiger partial charge on any atom is -0.429 e. The Bertz CT molecular complexity index is 1320. The van der Waals surface area contributed by atoms with Gasteiger partial charge in [-0.15, -0.1) is 0 Å². The zero-order chi connectivity index (χ0) is 29.2. The van der Waals surface area contributed by atoms with E-state index in [1.807, 2.05) is 6.92 Å². The molecule has 0 atom stereocenters. The summed E-state index contributed by atoms with van der Waals surface area (Å²) in [7, 11) is 0. The molecule has 0 aliphatic carbocycles. The maximum atomic E-state index is 14.8. The quantitative estimate of drug-likeness (QED) is 0.190. The standard InChI is InChI=1S/C27H21F9O4/c1-2-3-14-12-37-25(38-13-14)27(35,36)39-16-6-4-15(5-7-16)18-8-9-19(23(31)22(18)30)26(33,34)40-17-10-20(28)24(32)21(29)11-17/h4-11,14,25H,2-3,12-13H2,1H3. The van der Waals surface area contributed by atoms with Crippen LogP contribution in [0.4, 0.5) is 39.5 Å². The van der Waals surface area contributed by atoms with Gasteiger partial charge in [0.1, 0.15) is 17.1 Å². The fourth-order valence-electron chi connectivity index (χ4n) is 4.01. The predicted octanol–water partition coefficient (Wildman–Crippen LogP) is 7.94.